The predicted molar refractivity (Wildman–Crippen MR) is 63.4 cm³/mol. The third-order valence-corrected chi connectivity index (χ3v) is 3.92. The quantitative estimate of drug-likeness (QED) is 0.467. The van der Waals surface area contributed by atoms with Crippen LogP contribution in [0.4, 0.5) is 0 Å². The van der Waals surface area contributed by atoms with Gasteiger partial charge in [-0.3, -0.25) is 9.05 Å². The zero-order chi connectivity index (χ0) is 13.7. The van der Waals surface area contributed by atoms with E-state index >= 15 is 0 Å². The molecule has 106 valence electrons. The first-order chi connectivity index (χ1) is 7.54. The predicted octanol–water partition coefficient (Wildman–Crippen LogP) is -0.335. The first kappa shape index (κ1) is 21.6. The molecule has 0 aromatic rings. The van der Waals surface area contributed by atoms with Crippen molar-refractivity contribution < 1.29 is 63.3 Å². The Balaban J connectivity index is -0.00000128. The maximum Gasteiger partial charge on any atom is 1.00 e. The molecule has 0 unspecified atom stereocenters. The standard InChI is InChI=1S/C8H20O7P2.Na.H/c1-7(2)5-13-17(12,14-6-8(3)4)15-16(9,10)11;;/h7-8H,5-6H2,1-4H3,(H2,9,10,11);;/q;+1;-1. The zero-order valence-electron chi connectivity index (χ0n) is 12.4. The number of phosphoric acid groups is 2. The minimum atomic E-state index is -4.92. The number of rotatable bonds is 8. The number of hydrogen-bond acceptors (Lipinski definition) is 5. The molecule has 0 aromatic heterocycles. The largest absolute Gasteiger partial charge is 1.00 e. The second kappa shape index (κ2) is 9.24. The summed E-state index contributed by atoms with van der Waals surface area (Å²) in [5, 5.41) is 0. The monoisotopic (exact) mass is 314 g/mol. The third kappa shape index (κ3) is 12.3. The van der Waals surface area contributed by atoms with Gasteiger partial charge in [0, 0.05) is 0 Å². The van der Waals surface area contributed by atoms with Gasteiger partial charge in [0.15, 0.2) is 0 Å². The Hall–Kier alpha value is 1.26. The molecular weight excluding hydrogens is 293 g/mol. The first-order valence-corrected chi connectivity index (χ1v) is 8.19. The molecule has 0 bridgehead atoms. The third-order valence-electron chi connectivity index (χ3n) is 1.34. The van der Waals surface area contributed by atoms with Crippen LogP contribution in [0, 0.1) is 11.8 Å². The molecule has 18 heavy (non-hydrogen) atoms. The molecule has 7 nitrogen and oxygen atoms in total. The Labute approximate surface area is 131 Å². The van der Waals surface area contributed by atoms with E-state index in [9.17, 15) is 9.13 Å². The molecule has 0 saturated heterocycles. The van der Waals surface area contributed by atoms with E-state index in [0.29, 0.717) is 0 Å². The van der Waals surface area contributed by atoms with Crippen molar-refractivity contribution in [2.45, 2.75) is 27.7 Å². The van der Waals surface area contributed by atoms with Gasteiger partial charge in [-0.2, -0.15) is 4.31 Å². The normalized spacial score (nSPS) is 12.9. The first-order valence-electron chi connectivity index (χ1n) is 5.20. The second-order valence-corrected chi connectivity index (χ2v) is 7.44. The van der Waals surface area contributed by atoms with Gasteiger partial charge in [-0.1, -0.05) is 27.7 Å². The fourth-order valence-corrected chi connectivity index (χ4v) is 3.15. The molecule has 0 heterocycles. The molecule has 0 radical (unpaired) electrons. The van der Waals surface area contributed by atoms with Gasteiger partial charge in [0.25, 0.3) is 0 Å². The van der Waals surface area contributed by atoms with Gasteiger partial charge in [-0.25, -0.2) is 9.13 Å². The van der Waals surface area contributed by atoms with Crippen LogP contribution in [-0.4, -0.2) is 23.0 Å². The molecule has 10 heteroatoms. The van der Waals surface area contributed by atoms with Crippen molar-refractivity contribution in [3.05, 3.63) is 0 Å². The van der Waals surface area contributed by atoms with Crippen LogP contribution in [0.25, 0.3) is 0 Å². The van der Waals surface area contributed by atoms with Crippen molar-refractivity contribution >= 4 is 15.6 Å². The van der Waals surface area contributed by atoms with E-state index in [4.69, 9.17) is 18.8 Å². The van der Waals surface area contributed by atoms with E-state index in [1.54, 1.807) is 27.7 Å². The van der Waals surface area contributed by atoms with E-state index in [-0.39, 0.29) is 56.0 Å². The fourth-order valence-electron chi connectivity index (χ4n) is 0.695. The van der Waals surface area contributed by atoms with Gasteiger partial charge in [0.05, 0.1) is 13.2 Å². The smallest absolute Gasteiger partial charge is 1.00 e. The van der Waals surface area contributed by atoms with Gasteiger partial charge in [-0.05, 0) is 11.8 Å². The van der Waals surface area contributed by atoms with Crippen LogP contribution in [-0.2, 0) is 22.5 Å². The molecule has 0 atom stereocenters. The maximum absolute atomic E-state index is 11.9. The minimum Gasteiger partial charge on any atom is -1.00 e. The summed E-state index contributed by atoms with van der Waals surface area (Å²) in [6, 6.07) is 0. The van der Waals surface area contributed by atoms with Gasteiger partial charge in [0.2, 0.25) is 0 Å². The van der Waals surface area contributed by atoms with Crippen molar-refractivity contribution in [3.8, 4) is 0 Å². The zero-order valence-corrected chi connectivity index (χ0v) is 15.2. The molecule has 0 aliphatic rings. The molecule has 0 fully saturated rings. The average Bonchev–Trinajstić information content (AvgIpc) is 2.09. The van der Waals surface area contributed by atoms with E-state index < -0.39 is 15.6 Å². The SMILES string of the molecule is CC(C)COP(=O)(OCC(C)C)OP(=O)(O)O.[H-].[Na+]. The molecule has 0 rings (SSSR count). The summed E-state index contributed by atoms with van der Waals surface area (Å²) in [6.07, 6.45) is 0. The van der Waals surface area contributed by atoms with E-state index in [0.717, 1.165) is 0 Å². The van der Waals surface area contributed by atoms with E-state index in [1.807, 2.05) is 0 Å². The van der Waals surface area contributed by atoms with Crippen LogP contribution in [0.5, 0.6) is 0 Å². The summed E-state index contributed by atoms with van der Waals surface area (Å²) < 4.78 is 36.3. The Bertz CT molecular complexity index is 304. The summed E-state index contributed by atoms with van der Waals surface area (Å²) in [5.41, 5.74) is 0. The van der Waals surface area contributed by atoms with Crippen LogP contribution in [0.2, 0.25) is 0 Å². The van der Waals surface area contributed by atoms with Crippen molar-refractivity contribution in [2.24, 2.45) is 11.8 Å². The summed E-state index contributed by atoms with van der Waals surface area (Å²) in [5.74, 6) is 0.0673. The molecule has 0 saturated carbocycles. The average molecular weight is 314 g/mol. The van der Waals surface area contributed by atoms with Gasteiger partial charge in [-0.15, -0.1) is 0 Å². The number of phosphoric ester groups is 1. The molecule has 0 aromatic carbocycles. The summed E-state index contributed by atoms with van der Waals surface area (Å²) in [6.45, 7) is 7.23. The Kier molecular flexibility index (Phi) is 11.1. The van der Waals surface area contributed by atoms with Gasteiger partial charge in [0.1, 0.15) is 0 Å². The van der Waals surface area contributed by atoms with Crippen molar-refractivity contribution in [1.82, 2.24) is 0 Å². The minimum absolute atomic E-state index is 0. The van der Waals surface area contributed by atoms with Crippen molar-refractivity contribution in [2.75, 3.05) is 13.2 Å². The Morgan fingerprint density at radius 3 is 1.56 bits per heavy atom. The van der Waals surface area contributed by atoms with Crippen LogP contribution in [0.15, 0.2) is 0 Å². The maximum atomic E-state index is 11.9. The summed E-state index contributed by atoms with van der Waals surface area (Å²) in [4.78, 5) is 17.3. The van der Waals surface area contributed by atoms with Crippen LogP contribution in [0.1, 0.15) is 29.1 Å². The summed E-state index contributed by atoms with van der Waals surface area (Å²) in [7, 11) is -9.13. The van der Waals surface area contributed by atoms with E-state index in [1.165, 1.54) is 0 Å². The molecule has 2 N–H and O–H groups in total. The number of hydrogen-bond donors (Lipinski definition) is 2. The van der Waals surface area contributed by atoms with Crippen molar-refractivity contribution in [3.63, 3.8) is 0 Å². The van der Waals surface area contributed by atoms with E-state index in [2.05, 4.69) is 4.31 Å². The second-order valence-electron chi connectivity index (χ2n) is 4.40. The molecule has 0 aliphatic heterocycles. The molecule has 0 aliphatic carbocycles. The Morgan fingerprint density at radius 2 is 1.33 bits per heavy atom. The van der Waals surface area contributed by atoms with Gasteiger partial charge < -0.3 is 11.2 Å². The van der Waals surface area contributed by atoms with Crippen LogP contribution >= 0.6 is 15.6 Å². The fraction of sp³-hybridized carbons (Fsp3) is 1.00. The van der Waals surface area contributed by atoms with Crippen LogP contribution < -0.4 is 29.6 Å². The molecule has 0 spiro atoms. The molecular formula is C8H21NaO7P2. The molecule has 0 amide bonds. The van der Waals surface area contributed by atoms with Crippen LogP contribution in [0.3, 0.4) is 0 Å². The van der Waals surface area contributed by atoms with Crippen molar-refractivity contribution in [1.29, 1.82) is 0 Å². The topological polar surface area (TPSA) is 102 Å². The Morgan fingerprint density at radius 1 is 1.00 bits per heavy atom. The summed E-state index contributed by atoms with van der Waals surface area (Å²) >= 11 is 0. The van der Waals surface area contributed by atoms with Gasteiger partial charge >= 0.3 is 45.2 Å².